The Labute approximate surface area is 164 Å². The average molecular weight is 409 g/mol. The highest BCUT2D eigenvalue weighted by atomic mass is 35.5. The number of carbonyl (C=O) groups excluding carboxylic acids is 2. The highest BCUT2D eigenvalue weighted by Crippen LogP contribution is 2.25. The van der Waals surface area contributed by atoms with Gasteiger partial charge in [-0.15, -0.1) is 12.4 Å². The summed E-state index contributed by atoms with van der Waals surface area (Å²) in [5, 5.41) is 3.62. The standard InChI is InChI=1S/C17H23Cl2N3O2.ClH/c1-17(2,20)10-21-15(23)12-4-3-7-22(9-12)16(24)11-5-6-13(18)14(19)8-11;/h5-6,8,12H,3-4,7,9-10,20H2,1-2H3,(H,21,23);1H. The van der Waals surface area contributed by atoms with E-state index in [-0.39, 0.29) is 30.1 Å². The van der Waals surface area contributed by atoms with E-state index in [1.54, 1.807) is 23.1 Å². The van der Waals surface area contributed by atoms with E-state index in [0.717, 1.165) is 12.8 Å². The molecule has 3 N–H and O–H groups in total. The van der Waals surface area contributed by atoms with Crippen molar-refractivity contribution in [2.45, 2.75) is 32.2 Å². The number of benzene rings is 1. The van der Waals surface area contributed by atoms with E-state index in [1.807, 2.05) is 13.8 Å². The molecule has 1 aromatic rings. The number of nitrogens with two attached hydrogens (primary N) is 1. The van der Waals surface area contributed by atoms with Crippen LogP contribution in [0.1, 0.15) is 37.0 Å². The Morgan fingerprint density at radius 2 is 2.00 bits per heavy atom. The molecule has 25 heavy (non-hydrogen) atoms. The summed E-state index contributed by atoms with van der Waals surface area (Å²) >= 11 is 11.9. The zero-order valence-corrected chi connectivity index (χ0v) is 16.7. The van der Waals surface area contributed by atoms with Gasteiger partial charge in [0.2, 0.25) is 5.91 Å². The van der Waals surface area contributed by atoms with Crippen LogP contribution in [0.25, 0.3) is 0 Å². The minimum atomic E-state index is -0.458. The van der Waals surface area contributed by atoms with Gasteiger partial charge in [0.05, 0.1) is 16.0 Å². The molecule has 0 spiro atoms. The van der Waals surface area contributed by atoms with Crippen LogP contribution in [-0.2, 0) is 4.79 Å². The predicted molar refractivity (Wildman–Crippen MR) is 104 cm³/mol. The normalized spacial score (nSPS) is 17.6. The van der Waals surface area contributed by atoms with E-state index in [2.05, 4.69) is 5.32 Å². The third-order valence-electron chi connectivity index (χ3n) is 3.96. The van der Waals surface area contributed by atoms with Crippen LogP contribution in [0.5, 0.6) is 0 Å². The predicted octanol–water partition coefficient (Wildman–Crippen LogP) is 3.12. The van der Waals surface area contributed by atoms with Crippen LogP contribution in [-0.4, -0.2) is 41.9 Å². The van der Waals surface area contributed by atoms with E-state index in [0.29, 0.717) is 35.2 Å². The van der Waals surface area contributed by atoms with Gasteiger partial charge in [-0.3, -0.25) is 9.59 Å². The molecule has 140 valence electrons. The van der Waals surface area contributed by atoms with E-state index < -0.39 is 5.54 Å². The smallest absolute Gasteiger partial charge is 0.253 e. The Bertz CT molecular complexity index is 632. The SMILES string of the molecule is CC(C)(N)CNC(=O)C1CCCN(C(=O)c2ccc(Cl)c(Cl)c2)C1.Cl. The molecule has 1 aromatic carbocycles. The van der Waals surface area contributed by atoms with Crippen LogP contribution < -0.4 is 11.1 Å². The molecule has 1 atom stereocenters. The first-order valence-corrected chi connectivity index (χ1v) is 8.74. The highest BCUT2D eigenvalue weighted by Gasteiger charge is 2.29. The lowest BCUT2D eigenvalue weighted by molar-refractivity contribution is -0.126. The first-order chi connectivity index (χ1) is 11.2. The van der Waals surface area contributed by atoms with Crippen molar-refractivity contribution in [2.75, 3.05) is 19.6 Å². The molecular weight excluding hydrogens is 385 g/mol. The highest BCUT2D eigenvalue weighted by molar-refractivity contribution is 6.42. The van der Waals surface area contributed by atoms with Crippen molar-refractivity contribution < 1.29 is 9.59 Å². The lowest BCUT2D eigenvalue weighted by atomic mass is 9.96. The maximum atomic E-state index is 12.6. The first kappa shape index (κ1) is 22.0. The van der Waals surface area contributed by atoms with Crippen molar-refractivity contribution in [1.82, 2.24) is 10.2 Å². The number of carbonyl (C=O) groups is 2. The van der Waals surface area contributed by atoms with Gasteiger partial charge in [0, 0.05) is 30.7 Å². The summed E-state index contributed by atoms with van der Waals surface area (Å²) in [4.78, 5) is 26.6. The lowest BCUT2D eigenvalue weighted by Crippen LogP contribution is -2.50. The molecule has 1 aliphatic rings. The van der Waals surface area contributed by atoms with E-state index in [4.69, 9.17) is 28.9 Å². The summed E-state index contributed by atoms with van der Waals surface area (Å²) in [6.45, 7) is 5.15. The molecule has 2 rings (SSSR count). The van der Waals surface area contributed by atoms with Gasteiger partial charge in [0.1, 0.15) is 0 Å². The zero-order chi connectivity index (χ0) is 17.9. The number of rotatable bonds is 4. The second-order valence-electron chi connectivity index (χ2n) is 6.93. The molecule has 1 fully saturated rings. The van der Waals surface area contributed by atoms with E-state index in [9.17, 15) is 9.59 Å². The molecule has 8 heteroatoms. The molecular formula is C17H24Cl3N3O2. The Kier molecular flexibility index (Phi) is 8.00. The van der Waals surface area contributed by atoms with Crippen molar-refractivity contribution in [3.8, 4) is 0 Å². The Hall–Kier alpha value is -1.01. The summed E-state index contributed by atoms with van der Waals surface area (Å²) in [5.41, 5.74) is 5.91. The molecule has 0 radical (unpaired) electrons. The molecule has 0 aliphatic carbocycles. The van der Waals surface area contributed by atoms with Crippen molar-refractivity contribution in [3.63, 3.8) is 0 Å². The average Bonchev–Trinajstić information content (AvgIpc) is 2.54. The second-order valence-corrected chi connectivity index (χ2v) is 7.74. The summed E-state index contributed by atoms with van der Waals surface area (Å²) in [5.74, 6) is -0.404. The lowest BCUT2D eigenvalue weighted by Gasteiger charge is -2.32. The molecule has 1 aliphatic heterocycles. The number of amides is 2. The molecule has 2 amide bonds. The Morgan fingerprint density at radius 1 is 1.32 bits per heavy atom. The maximum absolute atomic E-state index is 12.6. The molecule has 0 aromatic heterocycles. The van der Waals surface area contributed by atoms with Gasteiger partial charge < -0.3 is 16.0 Å². The van der Waals surface area contributed by atoms with Crippen LogP contribution in [0.4, 0.5) is 0 Å². The monoisotopic (exact) mass is 407 g/mol. The van der Waals surface area contributed by atoms with Crippen LogP contribution >= 0.6 is 35.6 Å². The third-order valence-corrected chi connectivity index (χ3v) is 4.70. The number of nitrogens with one attached hydrogen (secondary N) is 1. The molecule has 0 bridgehead atoms. The third kappa shape index (κ3) is 6.33. The van der Waals surface area contributed by atoms with Crippen LogP contribution in [0.3, 0.4) is 0 Å². The zero-order valence-electron chi connectivity index (χ0n) is 14.4. The Morgan fingerprint density at radius 3 is 2.60 bits per heavy atom. The largest absolute Gasteiger partial charge is 0.354 e. The van der Waals surface area contributed by atoms with Crippen LogP contribution in [0.15, 0.2) is 18.2 Å². The fourth-order valence-corrected chi connectivity index (χ4v) is 2.94. The number of hydrogen-bond acceptors (Lipinski definition) is 3. The summed E-state index contributed by atoms with van der Waals surface area (Å²) in [7, 11) is 0. The van der Waals surface area contributed by atoms with E-state index in [1.165, 1.54) is 0 Å². The van der Waals surface area contributed by atoms with Gasteiger partial charge in [-0.25, -0.2) is 0 Å². The van der Waals surface area contributed by atoms with E-state index >= 15 is 0 Å². The molecule has 5 nitrogen and oxygen atoms in total. The molecule has 1 saturated heterocycles. The van der Waals surface area contributed by atoms with Crippen molar-refractivity contribution in [2.24, 2.45) is 11.7 Å². The van der Waals surface area contributed by atoms with Gasteiger partial charge in [0.25, 0.3) is 5.91 Å². The molecule has 0 saturated carbocycles. The number of nitrogens with zero attached hydrogens (tertiary/aromatic N) is 1. The van der Waals surface area contributed by atoms with Gasteiger partial charge in [-0.2, -0.15) is 0 Å². The number of likely N-dealkylation sites (tertiary alicyclic amines) is 1. The van der Waals surface area contributed by atoms with Crippen molar-refractivity contribution >= 4 is 47.4 Å². The van der Waals surface area contributed by atoms with Crippen molar-refractivity contribution in [1.29, 1.82) is 0 Å². The van der Waals surface area contributed by atoms with Gasteiger partial charge in [0.15, 0.2) is 0 Å². The maximum Gasteiger partial charge on any atom is 0.253 e. The topological polar surface area (TPSA) is 75.4 Å². The Balaban J connectivity index is 0.00000312. The number of piperidine rings is 1. The molecule has 1 unspecified atom stereocenters. The van der Waals surface area contributed by atoms with Gasteiger partial charge in [-0.1, -0.05) is 23.2 Å². The summed E-state index contributed by atoms with van der Waals surface area (Å²) in [6.07, 6.45) is 1.55. The fourth-order valence-electron chi connectivity index (χ4n) is 2.65. The number of hydrogen-bond donors (Lipinski definition) is 2. The van der Waals surface area contributed by atoms with Crippen LogP contribution in [0.2, 0.25) is 10.0 Å². The second kappa shape index (κ2) is 9.08. The molecule has 1 heterocycles. The van der Waals surface area contributed by atoms with Gasteiger partial charge >= 0.3 is 0 Å². The fraction of sp³-hybridized carbons (Fsp3) is 0.529. The van der Waals surface area contributed by atoms with Crippen LogP contribution in [0, 0.1) is 5.92 Å². The number of halogens is 3. The quantitative estimate of drug-likeness (QED) is 0.803. The first-order valence-electron chi connectivity index (χ1n) is 7.98. The minimum absolute atomic E-state index is 0. The minimum Gasteiger partial charge on any atom is -0.354 e. The summed E-state index contributed by atoms with van der Waals surface area (Å²) < 4.78 is 0. The van der Waals surface area contributed by atoms with Crippen molar-refractivity contribution in [3.05, 3.63) is 33.8 Å². The van der Waals surface area contributed by atoms with Gasteiger partial charge in [-0.05, 0) is 44.9 Å². The summed E-state index contributed by atoms with van der Waals surface area (Å²) in [6, 6.07) is 4.82.